The van der Waals surface area contributed by atoms with Gasteiger partial charge in [-0.05, 0) is 68.4 Å². The second-order valence-corrected chi connectivity index (χ2v) is 6.29. The molecular formula is C16H23N. The Labute approximate surface area is 104 Å². The lowest BCUT2D eigenvalue weighted by atomic mass is 9.89. The van der Waals surface area contributed by atoms with Gasteiger partial charge < -0.3 is 5.73 Å². The smallest absolute Gasteiger partial charge is 0.0108 e. The van der Waals surface area contributed by atoms with Crippen LogP contribution in [0.2, 0.25) is 0 Å². The molecule has 3 unspecified atom stereocenters. The molecule has 92 valence electrons. The molecule has 0 radical (unpaired) electrons. The average molecular weight is 229 g/mol. The molecule has 2 aliphatic carbocycles. The summed E-state index contributed by atoms with van der Waals surface area (Å²) < 4.78 is 0. The Hall–Kier alpha value is -0.820. The Morgan fingerprint density at radius 2 is 1.88 bits per heavy atom. The SMILES string of the molecule is Cc1ccc(C)c(CC(N)C2CC3CC3C2)c1. The first-order valence-electron chi connectivity index (χ1n) is 6.95. The van der Waals surface area contributed by atoms with Gasteiger partial charge in [-0.15, -0.1) is 0 Å². The van der Waals surface area contributed by atoms with Gasteiger partial charge in [-0.3, -0.25) is 0 Å². The Kier molecular flexibility index (Phi) is 2.74. The van der Waals surface area contributed by atoms with Gasteiger partial charge in [0.2, 0.25) is 0 Å². The molecule has 0 aliphatic heterocycles. The van der Waals surface area contributed by atoms with Crippen molar-refractivity contribution in [3.8, 4) is 0 Å². The zero-order valence-corrected chi connectivity index (χ0v) is 10.9. The van der Waals surface area contributed by atoms with Crippen LogP contribution >= 0.6 is 0 Å². The van der Waals surface area contributed by atoms with Crippen molar-refractivity contribution in [1.82, 2.24) is 0 Å². The van der Waals surface area contributed by atoms with Crippen molar-refractivity contribution in [1.29, 1.82) is 0 Å². The van der Waals surface area contributed by atoms with Crippen molar-refractivity contribution in [3.63, 3.8) is 0 Å². The monoisotopic (exact) mass is 229 g/mol. The van der Waals surface area contributed by atoms with Crippen molar-refractivity contribution < 1.29 is 0 Å². The molecule has 1 heteroatoms. The lowest BCUT2D eigenvalue weighted by Crippen LogP contribution is -2.31. The Morgan fingerprint density at radius 3 is 2.59 bits per heavy atom. The summed E-state index contributed by atoms with van der Waals surface area (Å²) in [5, 5.41) is 0. The molecule has 1 nitrogen and oxygen atoms in total. The van der Waals surface area contributed by atoms with Gasteiger partial charge in [0.05, 0.1) is 0 Å². The highest BCUT2D eigenvalue weighted by atomic mass is 14.7. The van der Waals surface area contributed by atoms with Crippen LogP contribution in [0.1, 0.15) is 36.0 Å². The lowest BCUT2D eigenvalue weighted by molar-refractivity contribution is 0.392. The molecule has 0 spiro atoms. The number of benzene rings is 1. The Morgan fingerprint density at radius 1 is 1.18 bits per heavy atom. The molecule has 2 aliphatic rings. The largest absolute Gasteiger partial charge is 0.327 e. The van der Waals surface area contributed by atoms with E-state index in [1.165, 1.54) is 36.0 Å². The van der Waals surface area contributed by atoms with E-state index < -0.39 is 0 Å². The third-order valence-electron chi connectivity index (χ3n) is 4.85. The summed E-state index contributed by atoms with van der Waals surface area (Å²) >= 11 is 0. The first kappa shape index (κ1) is 11.3. The van der Waals surface area contributed by atoms with E-state index in [2.05, 4.69) is 32.0 Å². The van der Waals surface area contributed by atoms with Crippen LogP contribution in [-0.4, -0.2) is 6.04 Å². The van der Waals surface area contributed by atoms with Crippen molar-refractivity contribution in [2.24, 2.45) is 23.5 Å². The number of hydrogen-bond acceptors (Lipinski definition) is 1. The van der Waals surface area contributed by atoms with Gasteiger partial charge >= 0.3 is 0 Å². The average Bonchev–Trinajstić information content (AvgIpc) is 2.91. The molecule has 3 atom stereocenters. The van der Waals surface area contributed by atoms with E-state index in [4.69, 9.17) is 5.73 Å². The molecule has 0 aromatic heterocycles. The van der Waals surface area contributed by atoms with Crippen LogP contribution < -0.4 is 5.73 Å². The van der Waals surface area contributed by atoms with Gasteiger partial charge in [-0.25, -0.2) is 0 Å². The summed E-state index contributed by atoms with van der Waals surface area (Å²) in [5.74, 6) is 2.88. The first-order valence-corrected chi connectivity index (χ1v) is 6.95. The minimum atomic E-state index is 0.378. The Balaban J connectivity index is 1.67. The van der Waals surface area contributed by atoms with Crippen LogP contribution in [0.4, 0.5) is 0 Å². The standard InChI is InChI=1S/C16H23N/c1-10-3-4-11(2)12(5-10)9-16(17)15-7-13-6-14(13)8-15/h3-5,13-16H,6-9,17H2,1-2H3. The number of fused-ring (bicyclic) bond motifs is 1. The zero-order valence-electron chi connectivity index (χ0n) is 10.9. The highest BCUT2D eigenvalue weighted by Crippen LogP contribution is 2.55. The van der Waals surface area contributed by atoms with Crippen molar-refractivity contribution in [2.45, 2.75) is 45.6 Å². The molecule has 0 amide bonds. The molecule has 1 aromatic rings. The summed E-state index contributed by atoms with van der Waals surface area (Å²) in [5.41, 5.74) is 10.6. The van der Waals surface area contributed by atoms with E-state index in [-0.39, 0.29) is 0 Å². The molecule has 2 N–H and O–H groups in total. The highest BCUT2D eigenvalue weighted by Gasteiger charge is 2.47. The van der Waals surface area contributed by atoms with E-state index in [0.29, 0.717) is 6.04 Å². The maximum Gasteiger partial charge on any atom is 0.0108 e. The van der Waals surface area contributed by atoms with E-state index >= 15 is 0 Å². The third-order valence-corrected chi connectivity index (χ3v) is 4.85. The molecule has 0 heterocycles. The minimum absolute atomic E-state index is 0.378. The first-order chi connectivity index (χ1) is 8.13. The van der Waals surface area contributed by atoms with E-state index in [0.717, 1.165) is 24.2 Å². The van der Waals surface area contributed by atoms with Crippen LogP contribution in [0.15, 0.2) is 18.2 Å². The summed E-state index contributed by atoms with van der Waals surface area (Å²) in [6.45, 7) is 4.37. The van der Waals surface area contributed by atoms with Gasteiger partial charge in [0.1, 0.15) is 0 Å². The zero-order chi connectivity index (χ0) is 12.0. The molecular weight excluding hydrogens is 206 g/mol. The summed E-state index contributed by atoms with van der Waals surface area (Å²) in [4.78, 5) is 0. The van der Waals surface area contributed by atoms with Gasteiger partial charge in [0.25, 0.3) is 0 Å². The topological polar surface area (TPSA) is 26.0 Å². The minimum Gasteiger partial charge on any atom is -0.327 e. The van der Waals surface area contributed by atoms with Crippen LogP contribution in [0, 0.1) is 31.6 Å². The maximum absolute atomic E-state index is 6.41. The normalized spacial score (nSPS) is 32.3. The van der Waals surface area contributed by atoms with Crippen molar-refractivity contribution in [2.75, 3.05) is 0 Å². The lowest BCUT2D eigenvalue weighted by Gasteiger charge is -2.21. The van der Waals surface area contributed by atoms with Crippen molar-refractivity contribution >= 4 is 0 Å². The Bertz CT molecular complexity index is 414. The van der Waals surface area contributed by atoms with Gasteiger partial charge in [-0.2, -0.15) is 0 Å². The predicted molar refractivity (Wildman–Crippen MR) is 71.9 cm³/mol. The van der Waals surface area contributed by atoms with E-state index in [1.807, 2.05) is 0 Å². The van der Waals surface area contributed by atoms with Gasteiger partial charge in [0.15, 0.2) is 0 Å². The number of aryl methyl sites for hydroxylation is 2. The highest BCUT2D eigenvalue weighted by molar-refractivity contribution is 5.31. The maximum atomic E-state index is 6.41. The third kappa shape index (κ3) is 2.26. The number of nitrogens with two attached hydrogens (primary N) is 1. The fourth-order valence-electron chi connectivity index (χ4n) is 3.55. The molecule has 0 bridgehead atoms. The molecule has 2 fully saturated rings. The second-order valence-electron chi connectivity index (χ2n) is 6.29. The molecule has 2 saturated carbocycles. The van der Waals surface area contributed by atoms with Gasteiger partial charge in [-0.1, -0.05) is 23.8 Å². The molecule has 3 rings (SSSR count). The van der Waals surface area contributed by atoms with Crippen molar-refractivity contribution in [3.05, 3.63) is 34.9 Å². The number of hydrogen-bond donors (Lipinski definition) is 1. The van der Waals surface area contributed by atoms with Crippen LogP contribution in [0.5, 0.6) is 0 Å². The molecule has 1 aromatic carbocycles. The molecule has 0 saturated heterocycles. The fraction of sp³-hybridized carbons (Fsp3) is 0.625. The predicted octanol–water partition coefficient (Wildman–Crippen LogP) is 3.22. The van der Waals surface area contributed by atoms with E-state index in [9.17, 15) is 0 Å². The summed E-state index contributed by atoms with van der Waals surface area (Å²) in [6, 6.07) is 7.10. The quantitative estimate of drug-likeness (QED) is 0.846. The molecule has 17 heavy (non-hydrogen) atoms. The van der Waals surface area contributed by atoms with Gasteiger partial charge in [0, 0.05) is 6.04 Å². The van der Waals surface area contributed by atoms with E-state index in [1.54, 1.807) is 0 Å². The van der Waals surface area contributed by atoms with Crippen LogP contribution in [0.3, 0.4) is 0 Å². The fourth-order valence-corrected chi connectivity index (χ4v) is 3.55. The number of rotatable bonds is 3. The van der Waals surface area contributed by atoms with Crippen LogP contribution in [0.25, 0.3) is 0 Å². The van der Waals surface area contributed by atoms with Crippen LogP contribution in [-0.2, 0) is 6.42 Å². The second kappa shape index (κ2) is 4.13. The summed E-state index contributed by atoms with van der Waals surface area (Å²) in [6.07, 6.45) is 5.36. The summed E-state index contributed by atoms with van der Waals surface area (Å²) in [7, 11) is 0.